The molecule has 0 heterocycles. The Morgan fingerprint density at radius 1 is 0.870 bits per heavy atom. The molecule has 3 heteroatoms. The molecule has 3 aromatic carbocycles. The maximum Gasteiger partial charge on any atom is 0.347 e. The highest BCUT2D eigenvalue weighted by Gasteiger charge is 2.15. The van der Waals surface area contributed by atoms with E-state index in [2.05, 4.69) is 0 Å². The van der Waals surface area contributed by atoms with Gasteiger partial charge in [-0.3, -0.25) is 0 Å². The molecule has 23 heavy (non-hydrogen) atoms. The number of esters is 1. The van der Waals surface area contributed by atoms with E-state index in [4.69, 9.17) is 9.47 Å². The molecular weight excluding hydrogens is 288 g/mol. The Hall–Kier alpha value is -2.81. The Balaban J connectivity index is 1.86. The number of benzene rings is 3. The molecule has 0 aliphatic heterocycles. The smallest absolute Gasteiger partial charge is 0.347 e. The van der Waals surface area contributed by atoms with Gasteiger partial charge in [0.05, 0.1) is 6.10 Å². The lowest BCUT2D eigenvalue weighted by Crippen LogP contribution is -2.13. The molecule has 0 N–H and O–H groups in total. The second-order valence-corrected chi connectivity index (χ2v) is 5.56. The van der Waals surface area contributed by atoms with E-state index in [1.54, 1.807) is 24.3 Å². The molecule has 0 atom stereocenters. The largest absolute Gasteiger partial charge is 0.490 e. The summed E-state index contributed by atoms with van der Waals surface area (Å²) in [5.74, 6) is 0.637. The first-order chi connectivity index (χ1) is 11.1. The van der Waals surface area contributed by atoms with E-state index >= 15 is 0 Å². The van der Waals surface area contributed by atoms with E-state index in [0.717, 1.165) is 10.8 Å². The van der Waals surface area contributed by atoms with E-state index in [-0.39, 0.29) is 6.10 Å². The second kappa shape index (κ2) is 6.53. The van der Waals surface area contributed by atoms with Crippen LogP contribution in [-0.4, -0.2) is 12.1 Å². The van der Waals surface area contributed by atoms with Crippen molar-refractivity contribution in [2.24, 2.45) is 0 Å². The molecule has 3 nitrogen and oxygen atoms in total. The first kappa shape index (κ1) is 15.1. The van der Waals surface area contributed by atoms with E-state index in [9.17, 15) is 4.79 Å². The molecule has 0 radical (unpaired) electrons. The molecule has 3 rings (SSSR count). The van der Waals surface area contributed by atoms with Crippen molar-refractivity contribution >= 4 is 16.7 Å². The lowest BCUT2D eigenvalue weighted by atomic mass is 10.1. The van der Waals surface area contributed by atoms with Crippen molar-refractivity contribution in [3.63, 3.8) is 0 Å². The minimum atomic E-state index is -0.420. The van der Waals surface area contributed by atoms with Gasteiger partial charge in [-0.25, -0.2) is 4.79 Å². The zero-order valence-corrected chi connectivity index (χ0v) is 13.2. The topological polar surface area (TPSA) is 35.5 Å². The van der Waals surface area contributed by atoms with Gasteiger partial charge in [0.2, 0.25) is 0 Å². The fourth-order valence-electron chi connectivity index (χ4n) is 2.38. The second-order valence-electron chi connectivity index (χ2n) is 5.56. The average molecular weight is 306 g/mol. The highest BCUT2D eigenvalue weighted by Crippen LogP contribution is 2.24. The van der Waals surface area contributed by atoms with Crippen molar-refractivity contribution < 1.29 is 14.3 Å². The Morgan fingerprint density at radius 3 is 2.35 bits per heavy atom. The van der Waals surface area contributed by atoms with Gasteiger partial charge in [-0.05, 0) is 48.9 Å². The van der Waals surface area contributed by atoms with Gasteiger partial charge in [0.25, 0.3) is 0 Å². The van der Waals surface area contributed by atoms with Crippen LogP contribution in [-0.2, 0) is 0 Å². The van der Waals surface area contributed by atoms with Gasteiger partial charge in [0.1, 0.15) is 17.1 Å². The van der Waals surface area contributed by atoms with Crippen LogP contribution < -0.4 is 9.47 Å². The number of carbonyl (C=O) groups is 1. The average Bonchev–Trinajstić information content (AvgIpc) is 2.54. The molecule has 116 valence electrons. The predicted molar refractivity (Wildman–Crippen MR) is 91.1 cm³/mol. The third kappa shape index (κ3) is 3.51. The summed E-state index contributed by atoms with van der Waals surface area (Å²) in [4.78, 5) is 12.5. The monoisotopic (exact) mass is 306 g/mol. The fraction of sp³-hybridized carbons (Fsp3) is 0.150. The summed E-state index contributed by atoms with van der Waals surface area (Å²) in [7, 11) is 0. The number of hydrogen-bond acceptors (Lipinski definition) is 3. The maximum atomic E-state index is 12.5. The van der Waals surface area contributed by atoms with E-state index in [1.165, 1.54) is 0 Å². The van der Waals surface area contributed by atoms with Gasteiger partial charge in [-0.2, -0.15) is 0 Å². The van der Waals surface area contributed by atoms with Crippen LogP contribution in [0.5, 0.6) is 11.5 Å². The molecule has 0 aromatic heterocycles. The van der Waals surface area contributed by atoms with Crippen LogP contribution >= 0.6 is 0 Å². The van der Waals surface area contributed by atoms with E-state index in [1.807, 2.05) is 56.3 Å². The standard InChI is InChI=1S/C20H18O3/c1-14(2)22-19-10-6-5-9-18(19)20(21)23-17-12-11-15-7-3-4-8-16(15)13-17/h3-14H,1-2H3. The molecule has 0 spiro atoms. The van der Waals surface area contributed by atoms with Crippen molar-refractivity contribution in [2.45, 2.75) is 20.0 Å². The molecule has 0 aliphatic rings. The fourth-order valence-corrected chi connectivity index (χ4v) is 2.38. The summed E-state index contributed by atoms with van der Waals surface area (Å²) in [5.41, 5.74) is 0.425. The summed E-state index contributed by atoms with van der Waals surface area (Å²) in [6.45, 7) is 3.84. The van der Waals surface area contributed by atoms with Crippen LogP contribution in [0.1, 0.15) is 24.2 Å². The number of fused-ring (bicyclic) bond motifs is 1. The van der Waals surface area contributed by atoms with Gasteiger partial charge < -0.3 is 9.47 Å². The number of hydrogen-bond donors (Lipinski definition) is 0. The molecule has 0 fully saturated rings. The van der Waals surface area contributed by atoms with E-state index in [0.29, 0.717) is 17.1 Å². The van der Waals surface area contributed by atoms with Crippen molar-refractivity contribution in [3.8, 4) is 11.5 Å². The zero-order valence-electron chi connectivity index (χ0n) is 13.2. The van der Waals surface area contributed by atoms with E-state index < -0.39 is 5.97 Å². The first-order valence-corrected chi connectivity index (χ1v) is 7.60. The number of para-hydroxylation sites is 1. The van der Waals surface area contributed by atoms with Crippen LogP contribution in [0.25, 0.3) is 10.8 Å². The van der Waals surface area contributed by atoms with Crippen LogP contribution in [0, 0.1) is 0 Å². The van der Waals surface area contributed by atoms with Crippen LogP contribution in [0.3, 0.4) is 0 Å². The molecular formula is C20H18O3. The molecule has 0 amide bonds. The van der Waals surface area contributed by atoms with Crippen LogP contribution in [0.15, 0.2) is 66.7 Å². The summed E-state index contributed by atoms with van der Waals surface area (Å²) in [6.07, 6.45) is -0.00961. The predicted octanol–water partition coefficient (Wildman–Crippen LogP) is 4.85. The van der Waals surface area contributed by atoms with Crippen LogP contribution in [0.4, 0.5) is 0 Å². The first-order valence-electron chi connectivity index (χ1n) is 7.60. The van der Waals surface area contributed by atoms with Gasteiger partial charge in [0.15, 0.2) is 0 Å². The minimum absolute atomic E-state index is 0.00961. The maximum absolute atomic E-state index is 12.5. The molecule has 0 saturated heterocycles. The highest BCUT2D eigenvalue weighted by atomic mass is 16.5. The van der Waals surface area contributed by atoms with Gasteiger partial charge in [0, 0.05) is 0 Å². The highest BCUT2D eigenvalue weighted by molar-refractivity contribution is 5.94. The van der Waals surface area contributed by atoms with Crippen molar-refractivity contribution in [3.05, 3.63) is 72.3 Å². The third-order valence-corrected chi connectivity index (χ3v) is 3.40. The van der Waals surface area contributed by atoms with Gasteiger partial charge in [-0.15, -0.1) is 0 Å². The van der Waals surface area contributed by atoms with Crippen LogP contribution in [0.2, 0.25) is 0 Å². The summed E-state index contributed by atoms with van der Waals surface area (Å²) in [5, 5.41) is 2.14. The molecule has 3 aromatic rings. The van der Waals surface area contributed by atoms with Crippen molar-refractivity contribution in [1.29, 1.82) is 0 Å². The Morgan fingerprint density at radius 2 is 1.57 bits per heavy atom. The normalized spacial score (nSPS) is 10.7. The third-order valence-electron chi connectivity index (χ3n) is 3.40. The summed E-state index contributed by atoms with van der Waals surface area (Å²) in [6, 6.07) is 20.7. The molecule has 0 bridgehead atoms. The lowest BCUT2D eigenvalue weighted by molar-refractivity contribution is 0.0728. The van der Waals surface area contributed by atoms with Crippen molar-refractivity contribution in [2.75, 3.05) is 0 Å². The Labute approximate surface area is 135 Å². The SMILES string of the molecule is CC(C)Oc1ccccc1C(=O)Oc1ccc2ccccc2c1. The quantitative estimate of drug-likeness (QED) is 0.511. The Bertz CT molecular complexity index is 837. The minimum Gasteiger partial charge on any atom is -0.490 e. The van der Waals surface area contributed by atoms with Gasteiger partial charge >= 0.3 is 5.97 Å². The zero-order chi connectivity index (χ0) is 16.2. The number of carbonyl (C=O) groups excluding carboxylic acids is 1. The summed E-state index contributed by atoms with van der Waals surface area (Å²) >= 11 is 0. The molecule has 0 unspecified atom stereocenters. The number of ether oxygens (including phenoxy) is 2. The Kier molecular flexibility index (Phi) is 4.29. The number of rotatable bonds is 4. The van der Waals surface area contributed by atoms with Gasteiger partial charge in [-0.1, -0.05) is 42.5 Å². The molecule has 0 aliphatic carbocycles. The van der Waals surface area contributed by atoms with Crippen molar-refractivity contribution in [1.82, 2.24) is 0 Å². The lowest BCUT2D eigenvalue weighted by Gasteiger charge is -2.13. The summed E-state index contributed by atoms with van der Waals surface area (Å²) < 4.78 is 11.2. The molecule has 0 saturated carbocycles.